The third-order valence-electron chi connectivity index (χ3n) is 4.05. The predicted octanol–water partition coefficient (Wildman–Crippen LogP) is 6.10. The summed E-state index contributed by atoms with van der Waals surface area (Å²) in [7, 11) is 1.72. The van der Waals surface area contributed by atoms with Crippen LogP contribution in [0, 0.1) is 5.92 Å². The summed E-state index contributed by atoms with van der Waals surface area (Å²) in [5.74, 6) is 1.48. The van der Waals surface area contributed by atoms with E-state index in [2.05, 4.69) is 22.0 Å². The second kappa shape index (κ2) is 7.54. The summed E-state index contributed by atoms with van der Waals surface area (Å²) in [6.07, 6.45) is 9.20. The predicted molar refractivity (Wildman–Crippen MR) is 85.1 cm³/mol. The van der Waals surface area contributed by atoms with Crippen molar-refractivity contribution >= 4 is 27.5 Å². The number of methoxy groups -OCH3 is 1. The summed E-state index contributed by atoms with van der Waals surface area (Å²) in [6, 6.07) is 6.11. The van der Waals surface area contributed by atoms with Crippen LogP contribution in [0.15, 0.2) is 22.7 Å². The van der Waals surface area contributed by atoms with Crippen molar-refractivity contribution in [3.63, 3.8) is 0 Å². The van der Waals surface area contributed by atoms with Crippen LogP contribution in [0.2, 0.25) is 0 Å². The van der Waals surface area contributed by atoms with E-state index in [-0.39, 0.29) is 5.38 Å². The fourth-order valence-corrected chi connectivity index (χ4v) is 3.76. The van der Waals surface area contributed by atoms with Crippen molar-refractivity contribution in [1.29, 1.82) is 0 Å². The van der Waals surface area contributed by atoms with Gasteiger partial charge in [0.25, 0.3) is 0 Å². The van der Waals surface area contributed by atoms with E-state index in [0.717, 1.165) is 15.8 Å². The lowest BCUT2D eigenvalue weighted by Crippen LogP contribution is -2.11. The average Bonchev–Trinajstić information content (AvgIpc) is 2.37. The van der Waals surface area contributed by atoms with Crippen molar-refractivity contribution < 1.29 is 4.74 Å². The van der Waals surface area contributed by atoms with Gasteiger partial charge in [-0.1, -0.05) is 48.0 Å². The highest BCUT2D eigenvalue weighted by molar-refractivity contribution is 9.10. The zero-order valence-electron chi connectivity index (χ0n) is 11.5. The first-order chi connectivity index (χ1) is 9.22. The normalized spacial score (nSPS) is 19.5. The van der Waals surface area contributed by atoms with Crippen LogP contribution in [-0.4, -0.2) is 7.11 Å². The molecule has 0 spiro atoms. The summed E-state index contributed by atoms with van der Waals surface area (Å²) in [6.45, 7) is 0. The highest BCUT2D eigenvalue weighted by atomic mass is 79.9. The van der Waals surface area contributed by atoms with Crippen molar-refractivity contribution in [2.24, 2.45) is 5.92 Å². The zero-order chi connectivity index (χ0) is 13.7. The summed E-state index contributed by atoms with van der Waals surface area (Å²) >= 11 is 10.3. The van der Waals surface area contributed by atoms with Gasteiger partial charge in [-0.05, 0) is 37.0 Å². The lowest BCUT2D eigenvalue weighted by Gasteiger charge is -2.26. The van der Waals surface area contributed by atoms with Crippen LogP contribution in [0.3, 0.4) is 0 Å². The molecule has 0 N–H and O–H groups in total. The molecule has 0 amide bonds. The Morgan fingerprint density at radius 3 is 2.42 bits per heavy atom. The summed E-state index contributed by atoms with van der Waals surface area (Å²) < 4.78 is 6.53. The fourth-order valence-electron chi connectivity index (χ4n) is 2.96. The maximum atomic E-state index is 6.77. The molecular weight excluding hydrogens is 324 g/mol. The Labute approximate surface area is 129 Å². The van der Waals surface area contributed by atoms with Crippen molar-refractivity contribution in [3.05, 3.63) is 28.2 Å². The average molecular weight is 346 g/mol. The lowest BCUT2D eigenvalue weighted by molar-refractivity contribution is 0.357. The lowest BCUT2D eigenvalue weighted by atomic mass is 9.86. The quantitative estimate of drug-likeness (QED) is 0.601. The highest BCUT2D eigenvalue weighted by Crippen LogP contribution is 2.41. The van der Waals surface area contributed by atoms with Gasteiger partial charge in [0.05, 0.1) is 12.5 Å². The molecule has 1 unspecified atom stereocenters. The molecule has 1 aliphatic carbocycles. The van der Waals surface area contributed by atoms with Crippen LogP contribution in [0.25, 0.3) is 0 Å². The Morgan fingerprint density at radius 1 is 1.16 bits per heavy atom. The number of ether oxygens (including phenoxy) is 1. The number of hydrogen-bond acceptors (Lipinski definition) is 1. The topological polar surface area (TPSA) is 9.23 Å². The molecule has 3 heteroatoms. The molecule has 1 aromatic carbocycles. The van der Waals surface area contributed by atoms with Crippen molar-refractivity contribution in [3.8, 4) is 5.75 Å². The van der Waals surface area contributed by atoms with E-state index in [1.165, 1.54) is 44.9 Å². The van der Waals surface area contributed by atoms with Crippen LogP contribution >= 0.6 is 27.5 Å². The van der Waals surface area contributed by atoms with Gasteiger partial charge in [0.2, 0.25) is 0 Å². The van der Waals surface area contributed by atoms with E-state index in [9.17, 15) is 0 Å². The van der Waals surface area contributed by atoms with Crippen LogP contribution < -0.4 is 4.74 Å². The first-order valence-corrected chi connectivity index (χ1v) is 8.43. The first kappa shape index (κ1) is 15.2. The molecule has 2 rings (SSSR count). The van der Waals surface area contributed by atoms with Gasteiger partial charge in [0.15, 0.2) is 0 Å². The smallest absolute Gasteiger partial charge is 0.123 e. The van der Waals surface area contributed by atoms with E-state index >= 15 is 0 Å². The molecule has 1 nitrogen and oxygen atoms in total. The van der Waals surface area contributed by atoms with E-state index in [1.54, 1.807) is 7.11 Å². The van der Waals surface area contributed by atoms with Crippen molar-refractivity contribution in [1.82, 2.24) is 0 Å². The van der Waals surface area contributed by atoms with E-state index in [1.807, 2.05) is 12.1 Å². The van der Waals surface area contributed by atoms with Crippen LogP contribution in [0.4, 0.5) is 0 Å². The number of alkyl halides is 1. The largest absolute Gasteiger partial charge is 0.496 e. The Morgan fingerprint density at radius 2 is 1.79 bits per heavy atom. The standard InChI is InChI=1S/C16H22BrClO/c1-19-15-10-9-13(17)11-14(15)16(18)12-7-5-3-2-4-6-8-12/h9-12,16H,2-8H2,1H3. The van der Waals surface area contributed by atoms with E-state index in [4.69, 9.17) is 16.3 Å². The van der Waals surface area contributed by atoms with Crippen LogP contribution in [-0.2, 0) is 0 Å². The molecular formula is C16H22BrClO. The fraction of sp³-hybridized carbons (Fsp3) is 0.625. The second-order valence-electron chi connectivity index (χ2n) is 5.39. The molecule has 1 saturated carbocycles. The van der Waals surface area contributed by atoms with Crippen LogP contribution in [0.5, 0.6) is 5.75 Å². The Bertz CT molecular complexity index is 400. The second-order valence-corrected chi connectivity index (χ2v) is 6.78. The molecule has 0 radical (unpaired) electrons. The van der Waals surface area contributed by atoms with Crippen LogP contribution in [0.1, 0.15) is 55.9 Å². The minimum atomic E-state index is 0.0607. The van der Waals surface area contributed by atoms with E-state index in [0.29, 0.717) is 5.92 Å². The summed E-state index contributed by atoms with van der Waals surface area (Å²) in [5, 5.41) is 0.0607. The molecule has 1 aromatic rings. The van der Waals surface area contributed by atoms with Gasteiger partial charge in [-0.3, -0.25) is 0 Å². The zero-order valence-corrected chi connectivity index (χ0v) is 13.8. The van der Waals surface area contributed by atoms with Crippen molar-refractivity contribution in [2.75, 3.05) is 7.11 Å². The van der Waals surface area contributed by atoms with E-state index < -0.39 is 0 Å². The minimum Gasteiger partial charge on any atom is -0.496 e. The third-order valence-corrected chi connectivity index (χ3v) is 5.14. The molecule has 0 saturated heterocycles. The molecule has 1 fully saturated rings. The Kier molecular flexibility index (Phi) is 6.03. The molecule has 0 bridgehead atoms. The molecule has 0 heterocycles. The maximum Gasteiger partial charge on any atom is 0.123 e. The number of benzene rings is 1. The Hall–Kier alpha value is -0.210. The maximum absolute atomic E-state index is 6.77. The SMILES string of the molecule is COc1ccc(Br)cc1C(Cl)C1CCCCCCC1. The monoisotopic (exact) mass is 344 g/mol. The summed E-state index contributed by atoms with van der Waals surface area (Å²) in [5.41, 5.74) is 1.13. The van der Waals surface area contributed by atoms with Gasteiger partial charge in [-0.15, -0.1) is 11.6 Å². The summed E-state index contributed by atoms with van der Waals surface area (Å²) in [4.78, 5) is 0. The number of halogens is 2. The molecule has 0 aromatic heterocycles. The van der Waals surface area contributed by atoms with Gasteiger partial charge < -0.3 is 4.74 Å². The van der Waals surface area contributed by atoms with Gasteiger partial charge in [0.1, 0.15) is 5.75 Å². The van der Waals surface area contributed by atoms with Gasteiger partial charge >= 0.3 is 0 Å². The third kappa shape index (κ3) is 4.13. The molecule has 106 valence electrons. The van der Waals surface area contributed by atoms with Gasteiger partial charge in [0, 0.05) is 10.0 Å². The molecule has 1 atom stereocenters. The van der Waals surface area contributed by atoms with Gasteiger partial charge in [-0.25, -0.2) is 0 Å². The number of rotatable bonds is 3. The molecule has 0 aliphatic heterocycles. The van der Waals surface area contributed by atoms with Crippen molar-refractivity contribution in [2.45, 2.75) is 50.3 Å². The molecule has 19 heavy (non-hydrogen) atoms. The highest BCUT2D eigenvalue weighted by Gasteiger charge is 2.24. The first-order valence-electron chi connectivity index (χ1n) is 7.20. The Balaban J connectivity index is 2.16. The molecule has 1 aliphatic rings. The van der Waals surface area contributed by atoms with Gasteiger partial charge in [-0.2, -0.15) is 0 Å². The number of hydrogen-bond donors (Lipinski definition) is 0. The minimum absolute atomic E-state index is 0.0607.